The number of nitrogens with one attached hydrogen (secondary N) is 2. The maximum atomic E-state index is 11.8. The molecule has 3 nitrogen and oxygen atoms in total. The number of hydrogen-bond donors (Lipinski definition) is 2. The number of rotatable bonds is 8. The van der Waals surface area contributed by atoms with Crippen molar-refractivity contribution in [2.45, 2.75) is 26.2 Å². The van der Waals surface area contributed by atoms with Gasteiger partial charge in [0, 0.05) is 18.7 Å². The molecule has 0 saturated heterocycles. The van der Waals surface area contributed by atoms with Crippen molar-refractivity contribution in [3.05, 3.63) is 65.7 Å². The Morgan fingerprint density at radius 1 is 1.00 bits per heavy atom. The minimum absolute atomic E-state index is 0.0566. The fourth-order valence-electron chi connectivity index (χ4n) is 2.34. The summed E-state index contributed by atoms with van der Waals surface area (Å²) >= 11 is 0. The van der Waals surface area contributed by atoms with E-state index >= 15 is 0 Å². The fraction of sp³-hybridized carbons (Fsp3) is 0.316. The van der Waals surface area contributed by atoms with E-state index in [1.54, 1.807) is 0 Å². The average molecular weight is 296 g/mol. The first kappa shape index (κ1) is 16.2. The Bertz CT molecular complexity index is 581. The Hall–Kier alpha value is -2.13. The van der Waals surface area contributed by atoms with Crippen molar-refractivity contribution in [3.63, 3.8) is 0 Å². The third-order valence-electron chi connectivity index (χ3n) is 3.49. The predicted molar refractivity (Wildman–Crippen MR) is 92.1 cm³/mol. The molecule has 116 valence electrons. The van der Waals surface area contributed by atoms with Gasteiger partial charge in [0.2, 0.25) is 5.91 Å². The maximum Gasteiger partial charge on any atom is 0.225 e. The standard InChI is InChI=1S/C19H24N2O/c1-16-7-5-11-18(15-16)21-19(22)12-14-20-13-6-10-17-8-3-2-4-9-17/h2-5,7-9,11,15,20H,6,10,12-14H2,1H3,(H,21,22). The topological polar surface area (TPSA) is 41.1 Å². The zero-order valence-electron chi connectivity index (χ0n) is 13.1. The Balaban J connectivity index is 1.56. The van der Waals surface area contributed by atoms with Gasteiger partial charge in [-0.1, -0.05) is 42.5 Å². The van der Waals surface area contributed by atoms with E-state index in [2.05, 4.69) is 34.9 Å². The quantitative estimate of drug-likeness (QED) is 0.732. The molecule has 0 unspecified atom stereocenters. The zero-order chi connectivity index (χ0) is 15.6. The highest BCUT2D eigenvalue weighted by molar-refractivity contribution is 5.90. The van der Waals surface area contributed by atoms with E-state index < -0.39 is 0 Å². The van der Waals surface area contributed by atoms with Crippen LogP contribution in [0.4, 0.5) is 5.69 Å². The number of amides is 1. The molecule has 0 aliphatic carbocycles. The van der Waals surface area contributed by atoms with Gasteiger partial charge < -0.3 is 10.6 Å². The molecule has 0 radical (unpaired) electrons. The normalized spacial score (nSPS) is 10.4. The second kappa shape index (κ2) is 9.00. The first-order chi connectivity index (χ1) is 10.7. The average Bonchev–Trinajstić information content (AvgIpc) is 2.52. The second-order valence-electron chi connectivity index (χ2n) is 5.51. The number of hydrogen-bond acceptors (Lipinski definition) is 2. The smallest absolute Gasteiger partial charge is 0.225 e. The van der Waals surface area contributed by atoms with E-state index in [1.165, 1.54) is 5.56 Å². The lowest BCUT2D eigenvalue weighted by Gasteiger charge is -2.07. The third-order valence-corrected chi connectivity index (χ3v) is 3.49. The monoisotopic (exact) mass is 296 g/mol. The molecule has 0 bridgehead atoms. The lowest BCUT2D eigenvalue weighted by molar-refractivity contribution is -0.116. The molecule has 2 N–H and O–H groups in total. The summed E-state index contributed by atoms with van der Waals surface area (Å²) in [5.74, 6) is 0.0566. The van der Waals surface area contributed by atoms with E-state index in [9.17, 15) is 4.79 Å². The molecule has 0 fully saturated rings. The summed E-state index contributed by atoms with van der Waals surface area (Å²) in [6.45, 7) is 3.67. The van der Waals surface area contributed by atoms with E-state index in [0.717, 1.165) is 30.6 Å². The van der Waals surface area contributed by atoms with Crippen molar-refractivity contribution in [3.8, 4) is 0 Å². The van der Waals surface area contributed by atoms with Crippen LogP contribution < -0.4 is 10.6 Å². The highest BCUT2D eigenvalue weighted by atomic mass is 16.1. The first-order valence-corrected chi connectivity index (χ1v) is 7.85. The van der Waals surface area contributed by atoms with Crippen LogP contribution in [-0.2, 0) is 11.2 Å². The van der Waals surface area contributed by atoms with Crippen LogP contribution in [0.2, 0.25) is 0 Å². The van der Waals surface area contributed by atoms with Crippen LogP contribution in [0, 0.1) is 6.92 Å². The van der Waals surface area contributed by atoms with Crippen LogP contribution in [0.15, 0.2) is 54.6 Å². The summed E-state index contributed by atoms with van der Waals surface area (Å²) in [6, 6.07) is 18.3. The highest BCUT2D eigenvalue weighted by Gasteiger charge is 2.02. The van der Waals surface area contributed by atoms with Gasteiger partial charge in [0.15, 0.2) is 0 Å². The number of carbonyl (C=O) groups excluding carboxylic acids is 1. The summed E-state index contributed by atoms with van der Waals surface area (Å²) in [6.07, 6.45) is 2.66. The SMILES string of the molecule is Cc1cccc(NC(=O)CCNCCCc2ccccc2)c1. The maximum absolute atomic E-state index is 11.8. The molecule has 0 atom stereocenters. The van der Waals surface area contributed by atoms with Gasteiger partial charge in [-0.3, -0.25) is 4.79 Å². The molecule has 0 aliphatic heterocycles. The number of anilines is 1. The predicted octanol–water partition coefficient (Wildman–Crippen LogP) is 3.55. The van der Waals surface area contributed by atoms with Gasteiger partial charge in [-0.25, -0.2) is 0 Å². The second-order valence-corrected chi connectivity index (χ2v) is 5.51. The van der Waals surface area contributed by atoms with Crippen molar-refractivity contribution in [1.29, 1.82) is 0 Å². The fourth-order valence-corrected chi connectivity index (χ4v) is 2.34. The van der Waals surface area contributed by atoms with Crippen LogP contribution in [0.1, 0.15) is 24.0 Å². The Labute approximate surface area is 132 Å². The number of carbonyl (C=O) groups is 1. The molecular weight excluding hydrogens is 272 g/mol. The minimum atomic E-state index is 0.0566. The van der Waals surface area contributed by atoms with Crippen LogP contribution >= 0.6 is 0 Å². The minimum Gasteiger partial charge on any atom is -0.326 e. The molecule has 22 heavy (non-hydrogen) atoms. The van der Waals surface area contributed by atoms with Crippen molar-refractivity contribution < 1.29 is 4.79 Å². The lowest BCUT2D eigenvalue weighted by atomic mass is 10.1. The van der Waals surface area contributed by atoms with Crippen LogP contribution in [0.5, 0.6) is 0 Å². The third kappa shape index (κ3) is 6.10. The molecule has 0 aliphatic rings. The van der Waals surface area contributed by atoms with E-state index in [0.29, 0.717) is 13.0 Å². The van der Waals surface area contributed by atoms with Crippen molar-refractivity contribution in [2.75, 3.05) is 18.4 Å². The van der Waals surface area contributed by atoms with E-state index in [1.807, 2.05) is 37.3 Å². The summed E-state index contributed by atoms with van der Waals surface area (Å²) in [7, 11) is 0. The summed E-state index contributed by atoms with van der Waals surface area (Å²) in [5, 5.41) is 6.24. The van der Waals surface area contributed by atoms with Crippen LogP contribution in [0.25, 0.3) is 0 Å². The van der Waals surface area contributed by atoms with Gasteiger partial charge in [0.25, 0.3) is 0 Å². The molecule has 0 heterocycles. The Kier molecular flexibility index (Phi) is 6.65. The van der Waals surface area contributed by atoms with Crippen LogP contribution in [0.3, 0.4) is 0 Å². The van der Waals surface area contributed by atoms with Gasteiger partial charge in [0.05, 0.1) is 0 Å². The van der Waals surface area contributed by atoms with Crippen molar-refractivity contribution in [1.82, 2.24) is 5.32 Å². The Morgan fingerprint density at radius 2 is 1.82 bits per heavy atom. The molecule has 2 aromatic rings. The zero-order valence-corrected chi connectivity index (χ0v) is 13.1. The van der Waals surface area contributed by atoms with Gasteiger partial charge >= 0.3 is 0 Å². The largest absolute Gasteiger partial charge is 0.326 e. The van der Waals surface area contributed by atoms with E-state index in [-0.39, 0.29) is 5.91 Å². The number of benzene rings is 2. The van der Waals surface area contributed by atoms with Gasteiger partial charge in [0.1, 0.15) is 0 Å². The van der Waals surface area contributed by atoms with Crippen molar-refractivity contribution >= 4 is 11.6 Å². The van der Waals surface area contributed by atoms with Crippen molar-refractivity contribution in [2.24, 2.45) is 0 Å². The van der Waals surface area contributed by atoms with Gasteiger partial charge in [-0.05, 0) is 49.6 Å². The molecular formula is C19H24N2O. The highest BCUT2D eigenvalue weighted by Crippen LogP contribution is 2.09. The molecule has 0 aromatic heterocycles. The van der Waals surface area contributed by atoms with Gasteiger partial charge in [-0.2, -0.15) is 0 Å². The summed E-state index contributed by atoms with van der Waals surface area (Å²) < 4.78 is 0. The van der Waals surface area contributed by atoms with Gasteiger partial charge in [-0.15, -0.1) is 0 Å². The molecule has 3 heteroatoms. The summed E-state index contributed by atoms with van der Waals surface area (Å²) in [4.78, 5) is 11.8. The molecule has 2 aromatic carbocycles. The molecule has 0 spiro atoms. The molecule has 0 saturated carbocycles. The van der Waals surface area contributed by atoms with Crippen LogP contribution in [-0.4, -0.2) is 19.0 Å². The first-order valence-electron chi connectivity index (χ1n) is 7.85. The lowest BCUT2D eigenvalue weighted by Crippen LogP contribution is -2.22. The summed E-state index contributed by atoms with van der Waals surface area (Å²) in [5.41, 5.74) is 3.38. The molecule has 2 rings (SSSR count). The number of aryl methyl sites for hydroxylation is 2. The van der Waals surface area contributed by atoms with E-state index in [4.69, 9.17) is 0 Å². The Morgan fingerprint density at radius 3 is 2.59 bits per heavy atom. The molecule has 1 amide bonds.